The van der Waals surface area contributed by atoms with Crippen LogP contribution >= 0.6 is 0 Å². The summed E-state index contributed by atoms with van der Waals surface area (Å²) in [6, 6.07) is 4.76. The van der Waals surface area contributed by atoms with Crippen molar-refractivity contribution in [2.75, 3.05) is 20.3 Å². The minimum Gasteiger partial charge on any atom is -0.377 e. The van der Waals surface area contributed by atoms with E-state index in [0.717, 1.165) is 24.4 Å². The molecule has 0 heterocycles. The number of aryl methyl sites for hydroxylation is 1. The standard InChI is InChI=1S/C15H24F2O3Si/c1-4-19-21(18-3,20-5-2)11-7-6-8-13-9-10-14(16)15(17)12-13/h9-10,12H,4-8,11H2,1-3H3. The van der Waals surface area contributed by atoms with Gasteiger partial charge in [0, 0.05) is 26.4 Å². The Hall–Kier alpha value is -0.823. The second kappa shape index (κ2) is 9.25. The first-order valence-corrected chi connectivity index (χ1v) is 9.27. The number of hydrogen-bond acceptors (Lipinski definition) is 3. The van der Waals surface area contributed by atoms with Gasteiger partial charge in [-0.3, -0.25) is 0 Å². The number of unbranched alkanes of at least 4 members (excludes halogenated alkanes) is 1. The molecule has 0 atom stereocenters. The minimum absolute atomic E-state index is 0.559. The lowest BCUT2D eigenvalue weighted by Crippen LogP contribution is -2.44. The monoisotopic (exact) mass is 318 g/mol. The first kappa shape index (κ1) is 18.2. The molecule has 0 saturated heterocycles. The van der Waals surface area contributed by atoms with Crippen molar-refractivity contribution in [3.8, 4) is 0 Å². The zero-order chi connectivity index (χ0) is 15.7. The van der Waals surface area contributed by atoms with Crippen LogP contribution in [0.2, 0.25) is 6.04 Å². The molecule has 0 N–H and O–H groups in total. The topological polar surface area (TPSA) is 27.7 Å². The maximum absolute atomic E-state index is 13.1. The van der Waals surface area contributed by atoms with Gasteiger partial charge >= 0.3 is 8.80 Å². The highest BCUT2D eigenvalue weighted by molar-refractivity contribution is 6.60. The fourth-order valence-electron chi connectivity index (χ4n) is 2.21. The van der Waals surface area contributed by atoms with E-state index in [1.165, 1.54) is 12.1 Å². The van der Waals surface area contributed by atoms with E-state index in [9.17, 15) is 8.78 Å². The fourth-order valence-corrected chi connectivity index (χ4v) is 4.59. The quantitative estimate of drug-likeness (QED) is 0.483. The summed E-state index contributed by atoms with van der Waals surface area (Å²) in [7, 11) is -0.944. The van der Waals surface area contributed by atoms with Crippen molar-refractivity contribution in [1.82, 2.24) is 0 Å². The number of halogens is 2. The molecule has 21 heavy (non-hydrogen) atoms. The third kappa shape index (κ3) is 5.82. The lowest BCUT2D eigenvalue weighted by atomic mass is 10.1. The van der Waals surface area contributed by atoms with Gasteiger partial charge in [-0.05, 0) is 50.8 Å². The summed E-state index contributed by atoms with van der Waals surface area (Å²) in [6.45, 7) is 4.95. The lowest BCUT2D eigenvalue weighted by Gasteiger charge is -2.27. The van der Waals surface area contributed by atoms with Gasteiger partial charge < -0.3 is 13.3 Å². The van der Waals surface area contributed by atoms with Crippen LogP contribution in [0.3, 0.4) is 0 Å². The molecule has 0 fully saturated rings. The summed E-state index contributed by atoms with van der Waals surface area (Å²) in [5.74, 6) is -1.60. The van der Waals surface area contributed by atoms with E-state index in [1.54, 1.807) is 13.2 Å². The van der Waals surface area contributed by atoms with Crippen LogP contribution in [-0.4, -0.2) is 29.1 Å². The molecule has 1 rings (SSSR count). The fraction of sp³-hybridized carbons (Fsp3) is 0.600. The van der Waals surface area contributed by atoms with Crippen LogP contribution in [0, 0.1) is 11.6 Å². The van der Waals surface area contributed by atoms with E-state index in [2.05, 4.69) is 0 Å². The third-order valence-corrected chi connectivity index (χ3v) is 6.27. The van der Waals surface area contributed by atoms with Gasteiger partial charge in [0.15, 0.2) is 11.6 Å². The zero-order valence-corrected chi connectivity index (χ0v) is 14.0. The second-order valence-corrected chi connectivity index (χ2v) is 7.56. The molecule has 0 unspecified atom stereocenters. The van der Waals surface area contributed by atoms with E-state index in [4.69, 9.17) is 13.3 Å². The van der Waals surface area contributed by atoms with E-state index < -0.39 is 20.4 Å². The van der Waals surface area contributed by atoms with Gasteiger partial charge in [-0.25, -0.2) is 8.78 Å². The molecule has 1 aromatic carbocycles. The summed E-state index contributed by atoms with van der Waals surface area (Å²) in [6.07, 6.45) is 2.41. The highest BCUT2D eigenvalue weighted by atomic mass is 28.4. The number of hydrogen-bond donors (Lipinski definition) is 0. The minimum atomic E-state index is -2.56. The molecule has 120 valence electrons. The maximum atomic E-state index is 13.1. The van der Waals surface area contributed by atoms with Gasteiger partial charge in [-0.1, -0.05) is 6.07 Å². The first-order valence-electron chi connectivity index (χ1n) is 7.34. The molecular weight excluding hydrogens is 294 g/mol. The van der Waals surface area contributed by atoms with Crippen molar-refractivity contribution < 1.29 is 22.1 Å². The van der Waals surface area contributed by atoms with Gasteiger partial charge in [0.1, 0.15) is 0 Å². The Balaban J connectivity index is 2.44. The molecule has 0 aliphatic rings. The Morgan fingerprint density at radius 3 is 2.19 bits per heavy atom. The van der Waals surface area contributed by atoms with E-state index >= 15 is 0 Å². The van der Waals surface area contributed by atoms with Crippen LogP contribution < -0.4 is 0 Å². The molecule has 0 spiro atoms. The summed E-state index contributed by atoms with van der Waals surface area (Å²) >= 11 is 0. The van der Waals surface area contributed by atoms with Gasteiger partial charge in [0.25, 0.3) is 0 Å². The van der Waals surface area contributed by atoms with Crippen molar-refractivity contribution in [1.29, 1.82) is 0 Å². The summed E-state index contributed by atoms with van der Waals surface area (Å²) in [4.78, 5) is 0. The van der Waals surface area contributed by atoms with Crippen molar-refractivity contribution in [3.05, 3.63) is 35.4 Å². The number of benzene rings is 1. The Morgan fingerprint density at radius 1 is 1.00 bits per heavy atom. The smallest absolute Gasteiger partial charge is 0.377 e. The van der Waals surface area contributed by atoms with Crippen LogP contribution in [0.4, 0.5) is 8.78 Å². The largest absolute Gasteiger partial charge is 0.500 e. The van der Waals surface area contributed by atoms with Gasteiger partial charge in [-0.15, -0.1) is 0 Å². The molecule has 6 heteroatoms. The van der Waals surface area contributed by atoms with Crippen molar-refractivity contribution in [3.63, 3.8) is 0 Å². The average molecular weight is 318 g/mol. The molecule has 0 aromatic heterocycles. The van der Waals surface area contributed by atoms with Crippen LogP contribution in [-0.2, 0) is 19.7 Å². The van der Waals surface area contributed by atoms with Crippen LogP contribution in [0.25, 0.3) is 0 Å². The highest BCUT2D eigenvalue weighted by Gasteiger charge is 2.38. The predicted molar refractivity (Wildman–Crippen MR) is 80.1 cm³/mol. The third-order valence-electron chi connectivity index (χ3n) is 3.22. The van der Waals surface area contributed by atoms with Crippen LogP contribution in [0.5, 0.6) is 0 Å². The molecule has 0 aliphatic heterocycles. The van der Waals surface area contributed by atoms with Crippen molar-refractivity contribution in [2.24, 2.45) is 0 Å². The molecule has 0 saturated carbocycles. The second-order valence-electron chi connectivity index (χ2n) is 4.71. The molecule has 0 amide bonds. The zero-order valence-electron chi connectivity index (χ0n) is 13.0. The summed E-state index contributed by atoms with van der Waals surface area (Å²) in [5.41, 5.74) is 0.798. The maximum Gasteiger partial charge on any atom is 0.500 e. The Kier molecular flexibility index (Phi) is 8.03. The van der Waals surface area contributed by atoms with Crippen LogP contribution in [0.1, 0.15) is 32.3 Å². The van der Waals surface area contributed by atoms with Gasteiger partial charge in [0.2, 0.25) is 0 Å². The molecular formula is C15H24F2O3Si. The normalized spacial score (nSPS) is 11.9. The van der Waals surface area contributed by atoms with E-state index in [0.29, 0.717) is 19.6 Å². The molecule has 0 radical (unpaired) electrons. The highest BCUT2D eigenvalue weighted by Crippen LogP contribution is 2.20. The average Bonchev–Trinajstić information content (AvgIpc) is 2.47. The number of rotatable bonds is 10. The molecule has 1 aromatic rings. The SMILES string of the molecule is CCO[Si](CCCCc1ccc(F)c(F)c1)(OC)OCC. The molecule has 3 nitrogen and oxygen atoms in total. The van der Waals surface area contributed by atoms with E-state index in [-0.39, 0.29) is 0 Å². The van der Waals surface area contributed by atoms with Gasteiger partial charge in [0.05, 0.1) is 0 Å². The van der Waals surface area contributed by atoms with Crippen molar-refractivity contribution >= 4 is 8.80 Å². The van der Waals surface area contributed by atoms with Crippen molar-refractivity contribution in [2.45, 2.75) is 39.2 Å². The van der Waals surface area contributed by atoms with E-state index in [1.807, 2.05) is 13.8 Å². The Bertz CT molecular complexity index is 423. The summed E-state index contributed by atoms with van der Waals surface area (Å²) < 4.78 is 42.8. The Labute approximate surface area is 126 Å². The Morgan fingerprint density at radius 2 is 1.67 bits per heavy atom. The molecule has 0 aliphatic carbocycles. The molecule has 0 bridgehead atoms. The summed E-state index contributed by atoms with van der Waals surface area (Å²) in [5, 5.41) is 0. The van der Waals surface area contributed by atoms with Gasteiger partial charge in [-0.2, -0.15) is 0 Å². The predicted octanol–water partition coefficient (Wildman–Crippen LogP) is 3.95. The first-order chi connectivity index (χ1) is 10.1. The van der Waals surface area contributed by atoms with Crippen LogP contribution in [0.15, 0.2) is 18.2 Å². The lowest BCUT2D eigenvalue weighted by molar-refractivity contribution is 0.0860.